The molecule has 0 saturated carbocycles. The molecule has 1 atom stereocenters. The predicted octanol–water partition coefficient (Wildman–Crippen LogP) is 1.89. The van der Waals surface area contributed by atoms with Crippen molar-refractivity contribution >= 4 is 6.09 Å². The molecule has 6 heteroatoms. The summed E-state index contributed by atoms with van der Waals surface area (Å²) in [6, 6.07) is 7.65. The second-order valence-corrected chi connectivity index (χ2v) is 7.43. The maximum Gasteiger partial charge on any atom is 0.407 e. The lowest BCUT2D eigenvalue weighted by Crippen LogP contribution is -2.40. The number of rotatable bonds is 7. The van der Waals surface area contributed by atoms with Gasteiger partial charge < -0.3 is 25.6 Å². The molecule has 1 aromatic carbocycles. The number of alkyl carbamates (subject to hydrolysis) is 1. The molecule has 0 aliphatic heterocycles. The van der Waals surface area contributed by atoms with E-state index in [1.807, 2.05) is 24.3 Å². The van der Waals surface area contributed by atoms with Gasteiger partial charge in [0.2, 0.25) is 0 Å². The fraction of sp³-hybridized carbons (Fsp3) is 0.611. The Bertz CT molecular complexity index is 533. The molecule has 0 fully saturated rings. The second kappa shape index (κ2) is 8.46. The minimum absolute atomic E-state index is 0.117. The number of carbonyl (C=O) groups is 1. The zero-order valence-corrected chi connectivity index (χ0v) is 15.2. The van der Waals surface area contributed by atoms with Crippen LogP contribution in [0.3, 0.4) is 0 Å². The second-order valence-electron chi connectivity index (χ2n) is 7.43. The van der Waals surface area contributed by atoms with Crippen molar-refractivity contribution < 1.29 is 19.7 Å². The van der Waals surface area contributed by atoms with Crippen LogP contribution < -0.4 is 10.6 Å². The van der Waals surface area contributed by atoms with Crippen LogP contribution in [0.15, 0.2) is 24.3 Å². The molecule has 136 valence electrons. The van der Waals surface area contributed by atoms with Crippen molar-refractivity contribution in [3.8, 4) is 0 Å². The maximum absolute atomic E-state index is 11.5. The van der Waals surface area contributed by atoms with Crippen LogP contribution >= 0.6 is 0 Å². The van der Waals surface area contributed by atoms with Crippen molar-refractivity contribution in [2.24, 2.45) is 0 Å². The number of hydrogen-bond acceptors (Lipinski definition) is 5. The lowest BCUT2D eigenvalue weighted by molar-refractivity contribution is 0.0492. The van der Waals surface area contributed by atoms with Gasteiger partial charge in [0.1, 0.15) is 5.60 Å². The van der Waals surface area contributed by atoms with E-state index in [2.05, 4.69) is 10.6 Å². The average Bonchev–Trinajstić information content (AvgIpc) is 2.43. The van der Waals surface area contributed by atoms with Gasteiger partial charge in [0.05, 0.1) is 11.7 Å². The van der Waals surface area contributed by atoms with E-state index in [4.69, 9.17) is 4.74 Å². The number of aliphatic hydroxyl groups excluding tert-OH is 1. The van der Waals surface area contributed by atoms with E-state index in [1.54, 1.807) is 34.6 Å². The van der Waals surface area contributed by atoms with Crippen LogP contribution in [0.5, 0.6) is 0 Å². The van der Waals surface area contributed by atoms with E-state index < -0.39 is 23.4 Å². The van der Waals surface area contributed by atoms with Gasteiger partial charge in [0, 0.05) is 19.6 Å². The van der Waals surface area contributed by atoms with Crippen molar-refractivity contribution in [3.63, 3.8) is 0 Å². The van der Waals surface area contributed by atoms with Crippen molar-refractivity contribution in [1.29, 1.82) is 0 Å². The zero-order valence-electron chi connectivity index (χ0n) is 15.2. The van der Waals surface area contributed by atoms with E-state index in [0.29, 0.717) is 13.1 Å². The SMILES string of the molecule is CC(C)(C)OC(=O)NC[C@H](O)CNCc1cccc(C(C)(C)O)c1. The van der Waals surface area contributed by atoms with E-state index in [-0.39, 0.29) is 6.54 Å². The number of carbonyl (C=O) groups excluding carboxylic acids is 1. The molecule has 1 amide bonds. The number of aliphatic hydroxyl groups is 2. The Morgan fingerprint density at radius 2 is 1.88 bits per heavy atom. The van der Waals surface area contributed by atoms with Crippen LogP contribution in [0.25, 0.3) is 0 Å². The summed E-state index contributed by atoms with van der Waals surface area (Å²) in [7, 11) is 0. The molecule has 24 heavy (non-hydrogen) atoms. The molecule has 0 aromatic heterocycles. The third kappa shape index (κ3) is 8.29. The molecule has 4 N–H and O–H groups in total. The lowest BCUT2D eigenvalue weighted by atomic mass is 9.96. The summed E-state index contributed by atoms with van der Waals surface area (Å²) < 4.78 is 5.10. The molecule has 0 bridgehead atoms. The van der Waals surface area contributed by atoms with Crippen LogP contribution in [0.4, 0.5) is 4.79 Å². The summed E-state index contributed by atoms with van der Waals surface area (Å²) in [6.07, 6.45) is -1.26. The Balaban J connectivity index is 2.33. The Labute approximate surface area is 144 Å². The fourth-order valence-electron chi connectivity index (χ4n) is 2.03. The van der Waals surface area contributed by atoms with Crippen LogP contribution in [0.2, 0.25) is 0 Å². The van der Waals surface area contributed by atoms with E-state index >= 15 is 0 Å². The van der Waals surface area contributed by atoms with Gasteiger partial charge in [-0.05, 0) is 45.7 Å². The minimum Gasteiger partial charge on any atom is -0.444 e. The first kappa shape index (κ1) is 20.4. The highest BCUT2D eigenvalue weighted by molar-refractivity contribution is 5.67. The van der Waals surface area contributed by atoms with Crippen molar-refractivity contribution in [2.75, 3.05) is 13.1 Å². The van der Waals surface area contributed by atoms with Crippen molar-refractivity contribution in [3.05, 3.63) is 35.4 Å². The normalized spacial score (nSPS) is 13.5. The van der Waals surface area contributed by atoms with Gasteiger partial charge in [-0.15, -0.1) is 0 Å². The molecule has 1 aromatic rings. The predicted molar refractivity (Wildman–Crippen MR) is 93.6 cm³/mol. The number of hydrogen-bond donors (Lipinski definition) is 4. The summed E-state index contributed by atoms with van der Waals surface area (Å²) in [4.78, 5) is 11.5. The molecule has 0 aliphatic carbocycles. The maximum atomic E-state index is 11.5. The summed E-state index contributed by atoms with van der Waals surface area (Å²) in [5, 5.41) is 25.6. The molecule has 0 aliphatic rings. The summed E-state index contributed by atoms with van der Waals surface area (Å²) >= 11 is 0. The molecular weight excluding hydrogens is 308 g/mol. The zero-order chi connectivity index (χ0) is 18.4. The molecule has 0 radical (unpaired) electrons. The first-order valence-electron chi connectivity index (χ1n) is 8.15. The first-order chi connectivity index (χ1) is 11.0. The summed E-state index contributed by atoms with van der Waals surface area (Å²) in [5.74, 6) is 0. The van der Waals surface area contributed by atoms with Gasteiger partial charge in [0.25, 0.3) is 0 Å². The molecule has 0 heterocycles. The summed E-state index contributed by atoms with van der Waals surface area (Å²) in [5.41, 5.74) is 0.418. The van der Waals surface area contributed by atoms with Gasteiger partial charge >= 0.3 is 6.09 Å². The number of nitrogens with one attached hydrogen (secondary N) is 2. The van der Waals surface area contributed by atoms with Crippen molar-refractivity contribution in [2.45, 2.75) is 58.5 Å². The fourth-order valence-corrected chi connectivity index (χ4v) is 2.03. The third-order valence-electron chi connectivity index (χ3n) is 3.22. The number of amides is 1. The highest BCUT2D eigenvalue weighted by atomic mass is 16.6. The van der Waals surface area contributed by atoms with Crippen LogP contribution in [-0.2, 0) is 16.9 Å². The number of benzene rings is 1. The van der Waals surface area contributed by atoms with E-state index in [9.17, 15) is 15.0 Å². The Morgan fingerprint density at radius 3 is 2.46 bits per heavy atom. The minimum atomic E-state index is -0.882. The van der Waals surface area contributed by atoms with Gasteiger partial charge in [-0.3, -0.25) is 0 Å². The smallest absolute Gasteiger partial charge is 0.407 e. The van der Waals surface area contributed by atoms with Gasteiger partial charge in [0.15, 0.2) is 0 Å². The summed E-state index contributed by atoms with van der Waals surface area (Å²) in [6.45, 7) is 9.85. The third-order valence-corrected chi connectivity index (χ3v) is 3.22. The van der Waals surface area contributed by atoms with Crippen LogP contribution in [0.1, 0.15) is 45.7 Å². The van der Waals surface area contributed by atoms with Crippen LogP contribution in [-0.4, -0.2) is 41.1 Å². The molecule has 0 saturated heterocycles. The van der Waals surface area contributed by atoms with E-state index in [1.165, 1.54) is 0 Å². The Hall–Kier alpha value is -1.63. The topological polar surface area (TPSA) is 90.8 Å². The highest BCUT2D eigenvalue weighted by Crippen LogP contribution is 2.20. The van der Waals surface area contributed by atoms with Gasteiger partial charge in [-0.2, -0.15) is 0 Å². The quantitative estimate of drug-likeness (QED) is 0.609. The number of ether oxygens (including phenoxy) is 1. The Kier molecular flexibility index (Phi) is 7.20. The van der Waals surface area contributed by atoms with E-state index in [0.717, 1.165) is 11.1 Å². The monoisotopic (exact) mass is 338 g/mol. The molecular formula is C18H30N2O4. The van der Waals surface area contributed by atoms with Gasteiger partial charge in [-0.1, -0.05) is 24.3 Å². The molecule has 0 spiro atoms. The molecule has 0 unspecified atom stereocenters. The molecule has 1 rings (SSSR count). The average molecular weight is 338 g/mol. The largest absolute Gasteiger partial charge is 0.444 e. The van der Waals surface area contributed by atoms with Gasteiger partial charge in [-0.25, -0.2) is 4.79 Å². The first-order valence-corrected chi connectivity index (χ1v) is 8.15. The van der Waals surface area contributed by atoms with Crippen LogP contribution in [0, 0.1) is 0 Å². The standard InChI is InChI=1S/C18H30N2O4/c1-17(2,3)24-16(22)20-12-15(21)11-19-10-13-7-6-8-14(9-13)18(4,5)23/h6-9,15,19,21,23H,10-12H2,1-5H3,(H,20,22)/t15-/m1/s1. The lowest BCUT2D eigenvalue weighted by Gasteiger charge is -2.21. The molecule has 6 nitrogen and oxygen atoms in total. The Morgan fingerprint density at radius 1 is 1.21 bits per heavy atom. The van der Waals surface area contributed by atoms with Crippen molar-refractivity contribution in [1.82, 2.24) is 10.6 Å². The highest BCUT2D eigenvalue weighted by Gasteiger charge is 2.17.